The topological polar surface area (TPSA) is 18.5 Å². The van der Waals surface area contributed by atoms with E-state index < -0.39 is 0 Å². The van der Waals surface area contributed by atoms with Crippen molar-refractivity contribution in [2.75, 3.05) is 46.3 Å². The van der Waals surface area contributed by atoms with Crippen molar-refractivity contribution in [3.8, 4) is 0 Å². The van der Waals surface area contributed by atoms with Crippen LogP contribution in [0.3, 0.4) is 0 Å². The monoisotopic (exact) mass is 239 g/mol. The van der Waals surface area contributed by atoms with Gasteiger partial charge in [0.05, 0.1) is 0 Å². The van der Waals surface area contributed by atoms with E-state index in [0.717, 1.165) is 12.0 Å². The summed E-state index contributed by atoms with van der Waals surface area (Å²) in [5, 5.41) is 3.46. The molecule has 2 aliphatic rings. The van der Waals surface area contributed by atoms with E-state index in [2.05, 4.69) is 29.1 Å². The molecule has 17 heavy (non-hydrogen) atoms. The Morgan fingerprint density at radius 1 is 1.24 bits per heavy atom. The molecule has 0 bridgehead atoms. The van der Waals surface area contributed by atoms with E-state index in [-0.39, 0.29) is 0 Å². The summed E-state index contributed by atoms with van der Waals surface area (Å²) >= 11 is 0. The Labute approximate surface area is 107 Å². The minimum atomic E-state index is 0.840. The smallest absolute Gasteiger partial charge is 0.0117 e. The normalized spacial score (nSPS) is 28.1. The van der Waals surface area contributed by atoms with Crippen LogP contribution in [0.15, 0.2) is 0 Å². The predicted octanol–water partition coefficient (Wildman–Crippen LogP) is 1.40. The van der Waals surface area contributed by atoms with Crippen LogP contribution >= 0.6 is 0 Å². The van der Waals surface area contributed by atoms with Crippen molar-refractivity contribution in [3.63, 3.8) is 0 Å². The van der Waals surface area contributed by atoms with Gasteiger partial charge >= 0.3 is 0 Å². The van der Waals surface area contributed by atoms with Crippen LogP contribution in [0.2, 0.25) is 0 Å². The zero-order valence-electron chi connectivity index (χ0n) is 11.6. The molecule has 1 N–H and O–H groups in total. The maximum absolute atomic E-state index is 3.46. The van der Waals surface area contributed by atoms with Gasteiger partial charge < -0.3 is 15.1 Å². The van der Waals surface area contributed by atoms with Gasteiger partial charge in [0.25, 0.3) is 0 Å². The number of likely N-dealkylation sites (tertiary alicyclic amines) is 1. The van der Waals surface area contributed by atoms with Crippen LogP contribution in [0.25, 0.3) is 0 Å². The van der Waals surface area contributed by atoms with Crippen molar-refractivity contribution >= 4 is 0 Å². The third-order valence-corrected chi connectivity index (χ3v) is 4.68. The fourth-order valence-corrected chi connectivity index (χ4v) is 3.21. The summed E-state index contributed by atoms with van der Waals surface area (Å²) in [6, 6.07) is 0.840. The van der Waals surface area contributed by atoms with Gasteiger partial charge in [0.2, 0.25) is 0 Å². The molecule has 0 spiro atoms. The van der Waals surface area contributed by atoms with Crippen LogP contribution < -0.4 is 5.32 Å². The molecule has 0 aromatic carbocycles. The van der Waals surface area contributed by atoms with E-state index in [1.165, 1.54) is 65.0 Å². The molecular formula is C14H29N3. The van der Waals surface area contributed by atoms with Crippen molar-refractivity contribution in [2.24, 2.45) is 5.92 Å². The molecule has 100 valence electrons. The highest BCUT2D eigenvalue weighted by Crippen LogP contribution is 2.18. The average Bonchev–Trinajstić information content (AvgIpc) is 2.89. The van der Waals surface area contributed by atoms with E-state index in [1.54, 1.807) is 0 Å². The van der Waals surface area contributed by atoms with Gasteiger partial charge in [0, 0.05) is 6.04 Å². The molecule has 2 aliphatic heterocycles. The van der Waals surface area contributed by atoms with E-state index in [1.807, 2.05) is 0 Å². The van der Waals surface area contributed by atoms with Crippen LogP contribution in [-0.2, 0) is 0 Å². The van der Waals surface area contributed by atoms with E-state index >= 15 is 0 Å². The molecule has 2 fully saturated rings. The standard InChI is InChI=1S/C14H29N3/c1-3-17-10-6-14(7-11-17)16(2)9-5-13-4-8-15-12-13/h13-15H,3-12H2,1-2H3. The number of piperidine rings is 1. The first kappa shape index (κ1) is 13.3. The van der Waals surface area contributed by atoms with Gasteiger partial charge in [0.15, 0.2) is 0 Å². The molecule has 2 saturated heterocycles. The second kappa shape index (κ2) is 6.72. The summed E-state index contributed by atoms with van der Waals surface area (Å²) in [6.45, 7) is 9.89. The molecule has 0 saturated carbocycles. The number of hydrogen-bond acceptors (Lipinski definition) is 3. The maximum Gasteiger partial charge on any atom is 0.0117 e. The molecule has 3 heteroatoms. The molecule has 0 amide bonds. The third-order valence-electron chi connectivity index (χ3n) is 4.68. The quantitative estimate of drug-likeness (QED) is 0.782. The zero-order chi connectivity index (χ0) is 12.1. The van der Waals surface area contributed by atoms with Crippen LogP contribution in [0.1, 0.15) is 32.6 Å². The molecule has 3 nitrogen and oxygen atoms in total. The Hall–Kier alpha value is -0.120. The summed E-state index contributed by atoms with van der Waals surface area (Å²) in [5.41, 5.74) is 0. The summed E-state index contributed by atoms with van der Waals surface area (Å²) in [6.07, 6.45) is 5.51. The van der Waals surface area contributed by atoms with Crippen LogP contribution in [0.4, 0.5) is 0 Å². The first-order valence-corrected chi connectivity index (χ1v) is 7.43. The average molecular weight is 239 g/mol. The Morgan fingerprint density at radius 3 is 2.59 bits per heavy atom. The Kier molecular flexibility index (Phi) is 5.26. The van der Waals surface area contributed by atoms with Crippen molar-refractivity contribution in [1.82, 2.24) is 15.1 Å². The first-order valence-electron chi connectivity index (χ1n) is 7.43. The molecule has 2 rings (SSSR count). The number of hydrogen-bond donors (Lipinski definition) is 1. The Morgan fingerprint density at radius 2 is 2.00 bits per heavy atom. The summed E-state index contributed by atoms with van der Waals surface area (Å²) < 4.78 is 0. The van der Waals surface area contributed by atoms with Crippen LogP contribution in [-0.4, -0.2) is 62.2 Å². The van der Waals surface area contributed by atoms with Crippen LogP contribution in [0.5, 0.6) is 0 Å². The lowest BCUT2D eigenvalue weighted by molar-refractivity contribution is 0.127. The highest BCUT2D eigenvalue weighted by Gasteiger charge is 2.22. The fourth-order valence-electron chi connectivity index (χ4n) is 3.21. The summed E-state index contributed by atoms with van der Waals surface area (Å²) in [7, 11) is 2.33. The van der Waals surface area contributed by atoms with E-state index in [0.29, 0.717) is 0 Å². The SMILES string of the molecule is CCN1CCC(N(C)CCC2CCNC2)CC1. The minimum absolute atomic E-state index is 0.840. The van der Waals surface area contributed by atoms with Crippen molar-refractivity contribution in [1.29, 1.82) is 0 Å². The molecule has 0 aromatic rings. The first-order chi connectivity index (χ1) is 8.29. The van der Waals surface area contributed by atoms with Gasteiger partial charge in [0.1, 0.15) is 0 Å². The van der Waals surface area contributed by atoms with E-state index in [4.69, 9.17) is 0 Å². The Bertz CT molecular complexity index is 206. The zero-order valence-corrected chi connectivity index (χ0v) is 11.6. The largest absolute Gasteiger partial charge is 0.316 e. The molecule has 2 heterocycles. The lowest BCUT2D eigenvalue weighted by Gasteiger charge is -2.36. The van der Waals surface area contributed by atoms with Gasteiger partial charge in [-0.15, -0.1) is 0 Å². The second-order valence-electron chi connectivity index (χ2n) is 5.79. The molecule has 0 radical (unpaired) electrons. The van der Waals surface area contributed by atoms with Gasteiger partial charge in [-0.3, -0.25) is 0 Å². The lowest BCUT2D eigenvalue weighted by atomic mass is 10.0. The highest BCUT2D eigenvalue weighted by molar-refractivity contribution is 4.79. The highest BCUT2D eigenvalue weighted by atomic mass is 15.2. The second-order valence-corrected chi connectivity index (χ2v) is 5.79. The van der Waals surface area contributed by atoms with E-state index in [9.17, 15) is 0 Å². The van der Waals surface area contributed by atoms with Crippen molar-refractivity contribution in [2.45, 2.75) is 38.6 Å². The van der Waals surface area contributed by atoms with Gasteiger partial charge in [-0.25, -0.2) is 0 Å². The number of nitrogens with zero attached hydrogens (tertiary/aromatic N) is 2. The lowest BCUT2D eigenvalue weighted by Crippen LogP contribution is -2.43. The Balaban J connectivity index is 1.64. The van der Waals surface area contributed by atoms with Crippen molar-refractivity contribution < 1.29 is 0 Å². The predicted molar refractivity (Wildman–Crippen MR) is 73.4 cm³/mol. The number of nitrogens with one attached hydrogen (secondary N) is 1. The molecule has 0 aliphatic carbocycles. The molecule has 1 atom stereocenters. The summed E-state index contributed by atoms with van der Waals surface area (Å²) in [5.74, 6) is 0.938. The summed E-state index contributed by atoms with van der Waals surface area (Å²) in [4.78, 5) is 5.19. The number of rotatable bonds is 5. The van der Waals surface area contributed by atoms with Crippen molar-refractivity contribution in [3.05, 3.63) is 0 Å². The van der Waals surface area contributed by atoms with Crippen LogP contribution in [0, 0.1) is 5.92 Å². The molecule has 1 unspecified atom stereocenters. The molecular weight excluding hydrogens is 210 g/mol. The van der Waals surface area contributed by atoms with Gasteiger partial charge in [-0.05, 0) is 77.9 Å². The minimum Gasteiger partial charge on any atom is -0.316 e. The maximum atomic E-state index is 3.46. The third kappa shape index (κ3) is 3.94. The fraction of sp³-hybridized carbons (Fsp3) is 1.00. The molecule has 0 aromatic heterocycles. The van der Waals surface area contributed by atoms with Gasteiger partial charge in [-0.1, -0.05) is 6.92 Å². The van der Waals surface area contributed by atoms with Gasteiger partial charge in [-0.2, -0.15) is 0 Å².